The van der Waals surface area contributed by atoms with E-state index in [0.717, 1.165) is 18.2 Å². The van der Waals surface area contributed by atoms with Crippen molar-refractivity contribution in [2.75, 3.05) is 27.1 Å². The predicted octanol–water partition coefficient (Wildman–Crippen LogP) is 4.51. The summed E-state index contributed by atoms with van der Waals surface area (Å²) in [5.41, 5.74) is 1.64. The zero-order chi connectivity index (χ0) is 15.9. The molecule has 1 unspecified atom stereocenters. The van der Waals surface area contributed by atoms with E-state index in [9.17, 15) is 0 Å². The van der Waals surface area contributed by atoms with Gasteiger partial charge in [0.25, 0.3) is 0 Å². The number of hydrogen-bond acceptors (Lipinski definition) is 4. The van der Waals surface area contributed by atoms with Crippen LogP contribution < -0.4 is 0 Å². The molecule has 0 N–H and O–H groups in total. The highest BCUT2D eigenvalue weighted by molar-refractivity contribution is 8.00. The van der Waals surface area contributed by atoms with Gasteiger partial charge in [-0.15, -0.1) is 0 Å². The van der Waals surface area contributed by atoms with E-state index < -0.39 is 8.80 Å². The highest BCUT2D eigenvalue weighted by Gasteiger charge is 2.37. The lowest BCUT2D eigenvalue weighted by molar-refractivity contribution is 0.123. The van der Waals surface area contributed by atoms with Gasteiger partial charge in [0.1, 0.15) is 0 Å². The Hall–Kier alpha value is 0.187. The molecule has 0 aromatic rings. The first kappa shape index (κ1) is 19.2. The molecule has 1 rings (SSSR count). The highest BCUT2D eigenvalue weighted by atomic mass is 32.2. The number of allylic oxidation sites excluding steroid dienone is 2. The minimum absolute atomic E-state index is 0.399. The van der Waals surface area contributed by atoms with Gasteiger partial charge in [-0.2, -0.15) is 11.8 Å². The van der Waals surface area contributed by atoms with Gasteiger partial charge < -0.3 is 13.3 Å². The van der Waals surface area contributed by atoms with Crippen LogP contribution in [0.15, 0.2) is 11.6 Å². The Bertz CT molecular complexity index is 334. The monoisotopic (exact) mass is 332 g/mol. The van der Waals surface area contributed by atoms with Gasteiger partial charge in [0.2, 0.25) is 0 Å². The Labute approximate surface area is 136 Å². The quantitative estimate of drug-likeness (QED) is 0.353. The van der Waals surface area contributed by atoms with Gasteiger partial charge in [0.05, 0.1) is 0 Å². The normalized spacial score (nSPS) is 23.5. The van der Waals surface area contributed by atoms with Crippen molar-refractivity contribution < 1.29 is 13.3 Å². The lowest BCUT2D eigenvalue weighted by Crippen LogP contribution is -2.42. The second kappa shape index (κ2) is 8.72. The largest absolute Gasteiger partial charge is 0.500 e. The topological polar surface area (TPSA) is 27.7 Å². The molecule has 0 radical (unpaired) electrons. The third kappa shape index (κ3) is 5.71. The molecule has 0 aliphatic heterocycles. The van der Waals surface area contributed by atoms with Crippen molar-refractivity contribution in [3.8, 4) is 0 Å². The summed E-state index contributed by atoms with van der Waals surface area (Å²) in [6.45, 7) is 7.00. The number of rotatable bonds is 9. The fourth-order valence-electron chi connectivity index (χ4n) is 2.78. The Morgan fingerprint density at radius 3 is 2.29 bits per heavy atom. The van der Waals surface area contributed by atoms with E-state index in [-0.39, 0.29) is 0 Å². The zero-order valence-electron chi connectivity index (χ0n) is 14.5. The molecule has 0 aromatic carbocycles. The standard InChI is InChI=1S/C16H32O3SSi/c1-14(2)15-8-10-16(3,11-9-15)20-12-7-13-21(17-4,18-5)19-6/h8,14H,7,9-13H2,1-6H3. The fraction of sp³-hybridized carbons (Fsp3) is 0.875. The SMILES string of the molecule is CO[Si](CCCSC1(C)CC=C(C(C)C)CC1)(OC)OC. The van der Waals surface area contributed by atoms with Crippen LogP contribution in [0.25, 0.3) is 0 Å². The summed E-state index contributed by atoms with van der Waals surface area (Å²) in [6.07, 6.45) is 7.31. The molecular weight excluding hydrogens is 300 g/mol. The van der Waals surface area contributed by atoms with Gasteiger partial charge in [0, 0.05) is 32.1 Å². The summed E-state index contributed by atoms with van der Waals surface area (Å²) in [4.78, 5) is 0. The summed E-state index contributed by atoms with van der Waals surface area (Å²) in [5, 5.41) is 0. The molecule has 0 fully saturated rings. The maximum Gasteiger partial charge on any atom is 0.500 e. The Balaban J connectivity index is 2.36. The molecule has 1 aliphatic rings. The van der Waals surface area contributed by atoms with Crippen LogP contribution >= 0.6 is 11.8 Å². The molecule has 1 atom stereocenters. The molecule has 0 saturated carbocycles. The van der Waals surface area contributed by atoms with Crippen molar-refractivity contribution >= 4 is 20.6 Å². The fourth-order valence-corrected chi connectivity index (χ4v) is 5.99. The van der Waals surface area contributed by atoms with Gasteiger partial charge in [-0.05, 0) is 37.4 Å². The lowest BCUT2D eigenvalue weighted by atomic mass is 9.85. The van der Waals surface area contributed by atoms with Crippen molar-refractivity contribution in [1.29, 1.82) is 0 Å². The average Bonchev–Trinajstić information content (AvgIpc) is 2.49. The summed E-state index contributed by atoms with van der Waals surface area (Å²) >= 11 is 2.10. The smallest absolute Gasteiger partial charge is 0.377 e. The second-order valence-corrected chi connectivity index (χ2v) is 11.1. The minimum atomic E-state index is -2.38. The predicted molar refractivity (Wildman–Crippen MR) is 93.8 cm³/mol. The van der Waals surface area contributed by atoms with Crippen LogP contribution in [-0.2, 0) is 13.3 Å². The van der Waals surface area contributed by atoms with Crippen LogP contribution in [0.1, 0.15) is 46.5 Å². The first-order chi connectivity index (χ1) is 9.90. The van der Waals surface area contributed by atoms with Crippen LogP contribution in [0, 0.1) is 5.92 Å². The molecule has 3 nitrogen and oxygen atoms in total. The van der Waals surface area contributed by atoms with Crippen molar-refractivity contribution in [1.82, 2.24) is 0 Å². The van der Waals surface area contributed by atoms with E-state index in [1.807, 2.05) is 0 Å². The van der Waals surface area contributed by atoms with Gasteiger partial charge in [0.15, 0.2) is 0 Å². The highest BCUT2D eigenvalue weighted by Crippen LogP contribution is 2.40. The third-order valence-electron chi connectivity index (χ3n) is 4.49. The maximum atomic E-state index is 5.47. The number of thioether (sulfide) groups is 1. The Morgan fingerprint density at radius 2 is 1.86 bits per heavy atom. The van der Waals surface area contributed by atoms with Gasteiger partial charge >= 0.3 is 8.80 Å². The van der Waals surface area contributed by atoms with E-state index in [4.69, 9.17) is 13.3 Å². The second-order valence-electron chi connectivity index (χ2n) is 6.34. The molecule has 0 aromatic heterocycles. The van der Waals surface area contributed by atoms with Crippen molar-refractivity contribution in [3.05, 3.63) is 11.6 Å². The molecule has 5 heteroatoms. The molecule has 0 saturated heterocycles. The van der Waals surface area contributed by atoms with Crippen LogP contribution in [0.4, 0.5) is 0 Å². The maximum absolute atomic E-state index is 5.47. The summed E-state index contributed by atoms with van der Waals surface area (Å²) < 4.78 is 16.8. The third-order valence-corrected chi connectivity index (χ3v) is 8.88. The molecular formula is C16H32O3SSi. The summed E-state index contributed by atoms with van der Waals surface area (Å²) in [7, 11) is 2.68. The zero-order valence-corrected chi connectivity index (χ0v) is 16.3. The molecule has 21 heavy (non-hydrogen) atoms. The van der Waals surface area contributed by atoms with Crippen molar-refractivity contribution in [2.45, 2.75) is 57.2 Å². The van der Waals surface area contributed by atoms with E-state index >= 15 is 0 Å². The first-order valence-electron chi connectivity index (χ1n) is 7.88. The van der Waals surface area contributed by atoms with Gasteiger partial charge in [-0.1, -0.05) is 32.4 Å². The molecule has 0 spiro atoms. The molecule has 1 aliphatic carbocycles. The van der Waals surface area contributed by atoms with E-state index in [0.29, 0.717) is 10.7 Å². The molecule has 0 bridgehead atoms. The van der Waals surface area contributed by atoms with Crippen molar-refractivity contribution in [3.63, 3.8) is 0 Å². The number of hydrogen-bond donors (Lipinski definition) is 0. The molecule has 0 heterocycles. The summed E-state index contributed by atoms with van der Waals surface area (Å²) in [5.74, 6) is 1.85. The Kier molecular flexibility index (Phi) is 7.99. The van der Waals surface area contributed by atoms with E-state index in [2.05, 4.69) is 38.6 Å². The molecule has 0 amide bonds. The first-order valence-corrected chi connectivity index (χ1v) is 10.8. The Morgan fingerprint density at radius 1 is 1.24 bits per heavy atom. The van der Waals surface area contributed by atoms with E-state index in [1.165, 1.54) is 19.3 Å². The van der Waals surface area contributed by atoms with Gasteiger partial charge in [-0.25, -0.2) is 0 Å². The molecule has 124 valence electrons. The van der Waals surface area contributed by atoms with Crippen LogP contribution in [0.5, 0.6) is 0 Å². The van der Waals surface area contributed by atoms with Crippen LogP contribution in [0.2, 0.25) is 6.04 Å². The van der Waals surface area contributed by atoms with E-state index in [1.54, 1.807) is 26.9 Å². The lowest BCUT2D eigenvalue weighted by Gasteiger charge is -2.33. The van der Waals surface area contributed by atoms with Crippen molar-refractivity contribution in [2.24, 2.45) is 5.92 Å². The van der Waals surface area contributed by atoms with Gasteiger partial charge in [-0.3, -0.25) is 0 Å². The van der Waals surface area contributed by atoms with Crippen LogP contribution in [0.3, 0.4) is 0 Å². The summed E-state index contributed by atoms with van der Waals surface area (Å²) in [6, 6.07) is 0.895. The minimum Gasteiger partial charge on any atom is -0.377 e. The van der Waals surface area contributed by atoms with Crippen LogP contribution in [-0.4, -0.2) is 40.6 Å². The average molecular weight is 333 g/mol.